The van der Waals surface area contributed by atoms with Gasteiger partial charge in [-0.2, -0.15) is 0 Å². The molecule has 0 aliphatic rings. The predicted molar refractivity (Wildman–Crippen MR) is 92.9 cm³/mol. The molecule has 0 saturated carbocycles. The first-order chi connectivity index (χ1) is 11.0. The van der Waals surface area contributed by atoms with E-state index in [0.29, 0.717) is 11.3 Å². The second-order valence-electron chi connectivity index (χ2n) is 5.13. The molecule has 0 bridgehead atoms. The lowest BCUT2D eigenvalue weighted by Crippen LogP contribution is -2.22. The van der Waals surface area contributed by atoms with Crippen LogP contribution in [0.3, 0.4) is 0 Å². The average molecular weight is 329 g/mol. The molecule has 0 spiro atoms. The van der Waals surface area contributed by atoms with Crippen molar-refractivity contribution in [2.45, 2.75) is 24.0 Å². The fraction of sp³-hybridized carbons (Fsp3) is 0.222. The normalized spacial score (nSPS) is 11.6. The monoisotopic (exact) mass is 329 g/mol. The molecule has 1 N–H and O–H groups in total. The van der Waals surface area contributed by atoms with Gasteiger partial charge in [0.05, 0.1) is 17.9 Å². The van der Waals surface area contributed by atoms with Gasteiger partial charge in [0.25, 0.3) is 0 Å². The first kappa shape index (κ1) is 17.1. The van der Waals surface area contributed by atoms with Crippen LogP contribution in [0.5, 0.6) is 0 Å². The third-order valence-corrected chi connectivity index (χ3v) is 4.39. The Morgan fingerprint density at radius 3 is 2.22 bits per heavy atom. The Labute approximate surface area is 140 Å². The van der Waals surface area contributed by atoms with Gasteiger partial charge in [0.15, 0.2) is 0 Å². The zero-order chi connectivity index (χ0) is 16.8. The van der Waals surface area contributed by atoms with E-state index >= 15 is 0 Å². The Morgan fingerprint density at radius 1 is 1.04 bits per heavy atom. The number of aryl methyl sites for hydroxylation is 1. The van der Waals surface area contributed by atoms with E-state index < -0.39 is 5.97 Å². The Kier molecular flexibility index (Phi) is 5.82. The summed E-state index contributed by atoms with van der Waals surface area (Å²) >= 11 is 1.51. The summed E-state index contributed by atoms with van der Waals surface area (Å²) in [5, 5.41) is 2.62. The van der Waals surface area contributed by atoms with Gasteiger partial charge in [-0.05, 0) is 50.2 Å². The van der Waals surface area contributed by atoms with Crippen molar-refractivity contribution >= 4 is 29.3 Å². The molecule has 5 heteroatoms. The van der Waals surface area contributed by atoms with Crippen molar-refractivity contribution in [1.29, 1.82) is 0 Å². The van der Waals surface area contributed by atoms with Crippen LogP contribution in [-0.2, 0) is 9.53 Å². The summed E-state index contributed by atoms with van der Waals surface area (Å²) < 4.78 is 4.64. The fourth-order valence-electron chi connectivity index (χ4n) is 1.93. The van der Waals surface area contributed by atoms with Crippen LogP contribution in [0.2, 0.25) is 0 Å². The number of rotatable bonds is 5. The number of carbonyl (C=O) groups is 2. The van der Waals surface area contributed by atoms with Crippen molar-refractivity contribution in [3.63, 3.8) is 0 Å². The lowest BCUT2D eigenvalue weighted by Gasteiger charge is -2.12. The van der Waals surface area contributed by atoms with Crippen molar-refractivity contribution in [3.05, 3.63) is 59.7 Å². The van der Waals surface area contributed by atoms with Gasteiger partial charge >= 0.3 is 5.97 Å². The van der Waals surface area contributed by atoms with E-state index in [1.807, 2.05) is 38.1 Å². The summed E-state index contributed by atoms with van der Waals surface area (Å²) in [5.41, 5.74) is 2.30. The summed E-state index contributed by atoms with van der Waals surface area (Å²) in [7, 11) is 1.34. The van der Waals surface area contributed by atoms with Crippen molar-refractivity contribution in [2.75, 3.05) is 12.4 Å². The highest BCUT2D eigenvalue weighted by Crippen LogP contribution is 2.24. The molecule has 0 radical (unpaired) electrons. The third kappa shape index (κ3) is 4.86. The van der Waals surface area contributed by atoms with E-state index in [1.54, 1.807) is 24.3 Å². The number of hydrogen-bond donors (Lipinski definition) is 1. The predicted octanol–water partition coefficient (Wildman–Crippen LogP) is 3.90. The second kappa shape index (κ2) is 7.83. The number of carbonyl (C=O) groups excluding carboxylic acids is 2. The summed E-state index contributed by atoms with van der Waals surface area (Å²) in [6.07, 6.45) is 0. The number of benzene rings is 2. The molecule has 2 rings (SSSR count). The SMILES string of the molecule is COC(=O)c1ccc(NC(=O)[C@H](C)Sc2ccc(C)cc2)cc1. The van der Waals surface area contributed by atoms with E-state index in [0.717, 1.165) is 4.90 Å². The maximum Gasteiger partial charge on any atom is 0.337 e. The Morgan fingerprint density at radius 2 is 1.65 bits per heavy atom. The molecule has 2 aromatic rings. The minimum absolute atomic E-state index is 0.0820. The standard InChI is InChI=1S/C18H19NO3S/c1-12-4-10-16(11-5-12)23-13(2)17(20)19-15-8-6-14(7-9-15)18(21)22-3/h4-11,13H,1-3H3,(H,19,20)/t13-/m0/s1. The van der Waals surface area contributed by atoms with Gasteiger partial charge in [-0.3, -0.25) is 4.79 Å². The van der Waals surface area contributed by atoms with Crippen molar-refractivity contribution < 1.29 is 14.3 Å². The molecule has 120 valence electrons. The van der Waals surface area contributed by atoms with E-state index in [9.17, 15) is 9.59 Å². The molecule has 4 nitrogen and oxygen atoms in total. The topological polar surface area (TPSA) is 55.4 Å². The second-order valence-corrected chi connectivity index (χ2v) is 6.55. The molecule has 0 aliphatic heterocycles. The van der Waals surface area contributed by atoms with E-state index in [4.69, 9.17) is 0 Å². The zero-order valence-corrected chi connectivity index (χ0v) is 14.1. The summed E-state index contributed by atoms with van der Waals surface area (Å²) in [6, 6.07) is 14.7. The zero-order valence-electron chi connectivity index (χ0n) is 13.3. The van der Waals surface area contributed by atoms with Crippen molar-refractivity contribution in [2.24, 2.45) is 0 Å². The number of ether oxygens (including phenoxy) is 1. The Bertz CT molecular complexity index is 680. The molecule has 1 amide bonds. The van der Waals surface area contributed by atoms with E-state index in [1.165, 1.54) is 24.4 Å². The molecule has 0 aromatic heterocycles. The minimum atomic E-state index is -0.397. The third-order valence-electron chi connectivity index (χ3n) is 3.28. The first-order valence-corrected chi connectivity index (χ1v) is 8.10. The van der Waals surface area contributed by atoms with Gasteiger partial charge in [-0.1, -0.05) is 17.7 Å². The van der Waals surface area contributed by atoms with Crippen LogP contribution < -0.4 is 5.32 Å². The van der Waals surface area contributed by atoms with Crippen LogP contribution in [0.4, 0.5) is 5.69 Å². The number of anilines is 1. The maximum absolute atomic E-state index is 12.2. The maximum atomic E-state index is 12.2. The molecule has 23 heavy (non-hydrogen) atoms. The largest absolute Gasteiger partial charge is 0.465 e. The Hall–Kier alpha value is -2.27. The smallest absolute Gasteiger partial charge is 0.337 e. The molecule has 0 fully saturated rings. The molecular formula is C18H19NO3S. The number of esters is 1. The van der Waals surface area contributed by atoms with Gasteiger partial charge in [0, 0.05) is 10.6 Å². The van der Waals surface area contributed by atoms with Crippen LogP contribution >= 0.6 is 11.8 Å². The van der Waals surface area contributed by atoms with Crippen LogP contribution in [0, 0.1) is 6.92 Å². The van der Waals surface area contributed by atoms with Gasteiger partial charge in [-0.15, -0.1) is 11.8 Å². The van der Waals surface area contributed by atoms with E-state index in [2.05, 4.69) is 10.1 Å². The number of thioether (sulfide) groups is 1. The van der Waals surface area contributed by atoms with Crippen molar-refractivity contribution in [1.82, 2.24) is 0 Å². The molecule has 0 heterocycles. The van der Waals surface area contributed by atoms with E-state index in [-0.39, 0.29) is 11.2 Å². The number of nitrogens with one attached hydrogen (secondary N) is 1. The van der Waals surface area contributed by atoms with Gasteiger partial charge in [0.2, 0.25) is 5.91 Å². The highest BCUT2D eigenvalue weighted by Gasteiger charge is 2.15. The average Bonchev–Trinajstić information content (AvgIpc) is 2.56. The first-order valence-electron chi connectivity index (χ1n) is 7.22. The molecule has 0 unspecified atom stereocenters. The molecule has 0 saturated heterocycles. The van der Waals surface area contributed by atoms with Crippen LogP contribution in [-0.4, -0.2) is 24.2 Å². The number of methoxy groups -OCH3 is 1. The lowest BCUT2D eigenvalue weighted by molar-refractivity contribution is -0.115. The molecule has 0 aliphatic carbocycles. The minimum Gasteiger partial charge on any atom is -0.465 e. The lowest BCUT2D eigenvalue weighted by atomic mass is 10.2. The van der Waals surface area contributed by atoms with Crippen molar-refractivity contribution in [3.8, 4) is 0 Å². The fourth-order valence-corrected chi connectivity index (χ4v) is 2.79. The van der Waals surface area contributed by atoms with Gasteiger partial charge in [0.1, 0.15) is 0 Å². The summed E-state index contributed by atoms with van der Waals surface area (Å²) in [6.45, 7) is 3.89. The number of amides is 1. The molecule has 1 atom stereocenters. The quantitative estimate of drug-likeness (QED) is 0.668. The van der Waals surface area contributed by atoms with Crippen LogP contribution in [0.1, 0.15) is 22.8 Å². The summed E-state index contributed by atoms with van der Waals surface area (Å²) in [4.78, 5) is 24.7. The van der Waals surface area contributed by atoms with Crippen LogP contribution in [0.15, 0.2) is 53.4 Å². The van der Waals surface area contributed by atoms with Gasteiger partial charge in [-0.25, -0.2) is 4.79 Å². The molecule has 2 aromatic carbocycles. The highest BCUT2D eigenvalue weighted by atomic mass is 32.2. The van der Waals surface area contributed by atoms with Gasteiger partial charge < -0.3 is 10.1 Å². The highest BCUT2D eigenvalue weighted by molar-refractivity contribution is 8.00. The molecular weight excluding hydrogens is 310 g/mol. The Balaban J connectivity index is 1.95. The van der Waals surface area contributed by atoms with Crippen LogP contribution in [0.25, 0.3) is 0 Å². The summed E-state index contributed by atoms with van der Waals surface area (Å²) in [5.74, 6) is -0.479. The number of hydrogen-bond acceptors (Lipinski definition) is 4.